The summed E-state index contributed by atoms with van der Waals surface area (Å²) >= 11 is 0. The van der Waals surface area contributed by atoms with Crippen LogP contribution in [0.1, 0.15) is 11.1 Å². The lowest BCUT2D eigenvalue weighted by atomic mass is 10.2. The number of aliphatic carboxylic acids is 1. The van der Waals surface area contributed by atoms with Crippen molar-refractivity contribution < 1.29 is 29.3 Å². The molecule has 128 valence electrons. The monoisotopic (exact) mass is 340 g/mol. The van der Waals surface area contributed by atoms with Gasteiger partial charge in [0.25, 0.3) is 0 Å². The second-order valence-electron chi connectivity index (χ2n) is 4.93. The molecule has 0 saturated heterocycles. The van der Waals surface area contributed by atoms with Crippen LogP contribution in [0.2, 0.25) is 0 Å². The number of phenolic OH excluding ortho intramolecular Hbond substituents is 1. The fraction of sp³-hybridized carbons (Fsp3) is 0.0526. The van der Waals surface area contributed by atoms with Crippen molar-refractivity contribution in [1.82, 2.24) is 0 Å². The van der Waals surface area contributed by atoms with E-state index in [1.165, 1.54) is 31.4 Å². The molecule has 0 spiro atoms. The number of esters is 1. The molecule has 0 heterocycles. The van der Waals surface area contributed by atoms with Crippen molar-refractivity contribution in [2.24, 2.45) is 0 Å². The van der Waals surface area contributed by atoms with Gasteiger partial charge in [-0.05, 0) is 47.5 Å². The van der Waals surface area contributed by atoms with E-state index in [0.717, 1.165) is 6.08 Å². The zero-order chi connectivity index (χ0) is 18.2. The minimum atomic E-state index is -1.04. The first-order chi connectivity index (χ1) is 12.0. The molecule has 0 unspecified atom stereocenters. The molecule has 2 rings (SSSR count). The SMILES string of the molecule is COc1cc(C=CC(=O)Oc2ccc(C=CC(=O)O)cc2)ccc1O. The molecule has 0 saturated carbocycles. The number of aromatic hydroxyl groups is 1. The lowest BCUT2D eigenvalue weighted by Crippen LogP contribution is -2.03. The molecule has 6 heteroatoms. The highest BCUT2D eigenvalue weighted by Crippen LogP contribution is 2.26. The average Bonchev–Trinajstić information content (AvgIpc) is 2.60. The van der Waals surface area contributed by atoms with Crippen LogP contribution >= 0.6 is 0 Å². The molecule has 0 fully saturated rings. The van der Waals surface area contributed by atoms with Crippen LogP contribution in [0.5, 0.6) is 17.2 Å². The van der Waals surface area contributed by atoms with Gasteiger partial charge in [0.05, 0.1) is 7.11 Å². The zero-order valence-corrected chi connectivity index (χ0v) is 13.4. The first-order valence-corrected chi connectivity index (χ1v) is 7.26. The van der Waals surface area contributed by atoms with Gasteiger partial charge in [0.2, 0.25) is 0 Å². The third kappa shape index (κ3) is 5.54. The Morgan fingerprint density at radius 2 is 1.60 bits per heavy atom. The van der Waals surface area contributed by atoms with Crippen molar-refractivity contribution >= 4 is 24.1 Å². The van der Waals surface area contributed by atoms with E-state index in [4.69, 9.17) is 14.6 Å². The van der Waals surface area contributed by atoms with Gasteiger partial charge in [-0.2, -0.15) is 0 Å². The van der Waals surface area contributed by atoms with Gasteiger partial charge in [-0.15, -0.1) is 0 Å². The summed E-state index contributed by atoms with van der Waals surface area (Å²) in [6, 6.07) is 11.1. The molecule has 6 nitrogen and oxygen atoms in total. The molecule has 0 atom stereocenters. The molecule has 2 aromatic carbocycles. The second kappa shape index (κ2) is 8.35. The van der Waals surface area contributed by atoms with Crippen LogP contribution in [0.4, 0.5) is 0 Å². The Morgan fingerprint density at radius 3 is 2.24 bits per heavy atom. The number of ether oxygens (including phenoxy) is 2. The maximum Gasteiger partial charge on any atom is 0.336 e. The molecule has 0 aliphatic rings. The standard InChI is InChI=1S/C19H16O6/c1-24-17-12-14(4-9-16(17)20)6-11-19(23)25-15-7-2-13(3-8-15)5-10-18(21)22/h2-12,20H,1H3,(H,21,22). The summed E-state index contributed by atoms with van der Waals surface area (Å²) in [4.78, 5) is 22.3. The second-order valence-corrected chi connectivity index (χ2v) is 4.93. The van der Waals surface area contributed by atoms with E-state index in [2.05, 4.69) is 0 Å². The summed E-state index contributed by atoms with van der Waals surface area (Å²) in [5.41, 5.74) is 1.34. The number of methoxy groups -OCH3 is 1. The van der Waals surface area contributed by atoms with Crippen molar-refractivity contribution in [3.8, 4) is 17.2 Å². The van der Waals surface area contributed by atoms with Crippen molar-refractivity contribution in [2.75, 3.05) is 7.11 Å². The lowest BCUT2D eigenvalue weighted by Gasteiger charge is -2.04. The highest BCUT2D eigenvalue weighted by atomic mass is 16.5. The molecular weight excluding hydrogens is 324 g/mol. The summed E-state index contributed by atoms with van der Waals surface area (Å²) in [7, 11) is 1.44. The molecule has 2 N–H and O–H groups in total. The maximum absolute atomic E-state index is 11.8. The Labute approximate surface area is 144 Å². The Morgan fingerprint density at radius 1 is 0.960 bits per heavy atom. The Bertz CT molecular complexity index is 818. The first kappa shape index (κ1) is 17.8. The summed E-state index contributed by atoms with van der Waals surface area (Å²) in [6.07, 6.45) is 5.25. The first-order valence-electron chi connectivity index (χ1n) is 7.26. The maximum atomic E-state index is 11.8. The van der Waals surface area contributed by atoms with Gasteiger partial charge in [-0.1, -0.05) is 18.2 Å². The highest BCUT2D eigenvalue weighted by molar-refractivity contribution is 5.89. The fourth-order valence-electron chi connectivity index (χ4n) is 1.93. The van der Waals surface area contributed by atoms with Gasteiger partial charge in [0.15, 0.2) is 11.5 Å². The molecule has 0 aliphatic carbocycles. The fourth-order valence-corrected chi connectivity index (χ4v) is 1.93. The summed E-state index contributed by atoms with van der Waals surface area (Å²) in [5.74, 6) is -0.947. The van der Waals surface area contributed by atoms with Gasteiger partial charge in [0, 0.05) is 12.2 Å². The van der Waals surface area contributed by atoms with E-state index in [0.29, 0.717) is 22.6 Å². The van der Waals surface area contributed by atoms with E-state index in [1.54, 1.807) is 36.4 Å². The van der Waals surface area contributed by atoms with Gasteiger partial charge in [-0.25, -0.2) is 9.59 Å². The van der Waals surface area contributed by atoms with Crippen molar-refractivity contribution in [2.45, 2.75) is 0 Å². The van der Waals surface area contributed by atoms with Gasteiger partial charge in [-0.3, -0.25) is 0 Å². The van der Waals surface area contributed by atoms with Crippen molar-refractivity contribution in [3.05, 3.63) is 65.7 Å². The smallest absolute Gasteiger partial charge is 0.336 e. The third-order valence-electron chi connectivity index (χ3n) is 3.13. The predicted octanol–water partition coefficient (Wildman–Crippen LogP) is 3.12. The molecule has 0 aromatic heterocycles. The molecule has 0 amide bonds. The summed E-state index contributed by atoms with van der Waals surface area (Å²) < 4.78 is 10.1. The molecule has 0 radical (unpaired) electrons. The number of rotatable bonds is 6. The minimum absolute atomic E-state index is 0.0132. The third-order valence-corrected chi connectivity index (χ3v) is 3.13. The predicted molar refractivity (Wildman–Crippen MR) is 92.4 cm³/mol. The van der Waals surface area contributed by atoms with Crippen LogP contribution in [-0.4, -0.2) is 29.3 Å². The molecular formula is C19H16O6. The summed E-state index contributed by atoms with van der Waals surface area (Å²) in [5, 5.41) is 18.1. The van der Waals surface area contributed by atoms with Gasteiger partial charge >= 0.3 is 11.9 Å². The average molecular weight is 340 g/mol. The molecule has 25 heavy (non-hydrogen) atoms. The van der Waals surface area contributed by atoms with E-state index in [9.17, 15) is 14.7 Å². The van der Waals surface area contributed by atoms with Crippen LogP contribution in [0.3, 0.4) is 0 Å². The number of hydrogen-bond acceptors (Lipinski definition) is 5. The summed E-state index contributed by atoms with van der Waals surface area (Å²) in [6.45, 7) is 0. The Kier molecular flexibility index (Phi) is 5.95. The van der Waals surface area contributed by atoms with E-state index in [-0.39, 0.29) is 5.75 Å². The molecule has 0 aliphatic heterocycles. The Balaban J connectivity index is 1.99. The largest absolute Gasteiger partial charge is 0.504 e. The number of benzene rings is 2. The quantitative estimate of drug-likeness (QED) is 0.477. The van der Waals surface area contributed by atoms with Crippen LogP contribution < -0.4 is 9.47 Å². The lowest BCUT2D eigenvalue weighted by molar-refractivity contribution is -0.131. The topological polar surface area (TPSA) is 93.1 Å². The van der Waals surface area contributed by atoms with Crippen LogP contribution in [0, 0.1) is 0 Å². The molecule has 0 bridgehead atoms. The number of carbonyl (C=O) groups excluding carboxylic acids is 1. The Hall–Kier alpha value is -3.54. The normalized spacial score (nSPS) is 10.9. The van der Waals surface area contributed by atoms with Gasteiger partial charge < -0.3 is 19.7 Å². The highest BCUT2D eigenvalue weighted by Gasteiger charge is 2.03. The zero-order valence-electron chi connectivity index (χ0n) is 13.4. The van der Waals surface area contributed by atoms with Gasteiger partial charge in [0.1, 0.15) is 5.75 Å². The van der Waals surface area contributed by atoms with E-state index >= 15 is 0 Å². The van der Waals surface area contributed by atoms with E-state index in [1.807, 2.05) is 0 Å². The van der Waals surface area contributed by atoms with Crippen molar-refractivity contribution in [3.63, 3.8) is 0 Å². The minimum Gasteiger partial charge on any atom is -0.504 e. The number of phenols is 1. The number of carboxylic acid groups (broad SMARTS) is 1. The number of carbonyl (C=O) groups is 2. The number of hydrogen-bond donors (Lipinski definition) is 2. The van der Waals surface area contributed by atoms with Crippen LogP contribution in [0.15, 0.2) is 54.6 Å². The van der Waals surface area contributed by atoms with Crippen LogP contribution in [-0.2, 0) is 9.59 Å². The van der Waals surface area contributed by atoms with Crippen molar-refractivity contribution in [1.29, 1.82) is 0 Å². The van der Waals surface area contributed by atoms with Crippen LogP contribution in [0.25, 0.3) is 12.2 Å². The van der Waals surface area contributed by atoms with E-state index < -0.39 is 11.9 Å². The molecule has 2 aromatic rings. The number of carboxylic acids is 1.